The Morgan fingerprint density at radius 2 is 1.90 bits per heavy atom. The summed E-state index contributed by atoms with van der Waals surface area (Å²) in [7, 11) is 0. The maximum Gasteiger partial charge on any atom is 0.306 e. The predicted octanol–water partition coefficient (Wildman–Crippen LogP) is 3.52. The van der Waals surface area contributed by atoms with Crippen molar-refractivity contribution in [3.63, 3.8) is 0 Å². The van der Waals surface area contributed by atoms with E-state index in [1.54, 1.807) is 6.08 Å². The van der Waals surface area contributed by atoms with Gasteiger partial charge in [-0.2, -0.15) is 0 Å². The minimum absolute atomic E-state index is 0.315. The number of hydrogen-bond donors (Lipinski definition) is 3. The van der Waals surface area contributed by atoms with Gasteiger partial charge in [-0.05, 0) is 30.8 Å². The Morgan fingerprint density at radius 3 is 2.33 bits per heavy atom. The molecule has 0 bridgehead atoms. The zero-order chi connectivity index (χ0) is 16.5. The minimum atomic E-state index is -1.03. The molecular formula is C17H32O4. The second-order valence-corrected chi connectivity index (χ2v) is 6.10. The highest BCUT2D eigenvalue weighted by Crippen LogP contribution is 2.28. The Labute approximate surface area is 128 Å². The summed E-state index contributed by atoms with van der Waals surface area (Å²) in [5.74, 6) is -0.626. The van der Waals surface area contributed by atoms with E-state index in [1.165, 1.54) is 0 Å². The average Bonchev–Trinajstić information content (AvgIpc) is 2.41. The van der Waals surface area contributed by atoms with Crippen LogP contribution in [0.1, 0.15) is 72.6 Å². The number of carbonyl (C=O) groups is 1. The lowest BCUT2D eigenvalue weighted by atomic mass is 9.84. The van der Waals surface area contributed by atoms with E-state index in [1.807, 2.05) is 13.8 Å². The van der Waals surface area contributed by atoms with Gasteiger partial charge in [0.1, 0.15) is 0 Å². The van der Waals surface area contributed by atoms with E-state index in [4.69, 9.17) is 5.11 Å². The molecule has 0 rings (SSSR count). The Morgan fingerprint density at radius 1 is 1.29 bits per heavy atom. The van der Waals surface area contributed by atoms with Gasteiger partial charge in [0.2, 0.25) is 0 Å². The van der Waals surface area contributed by atoms with Crippen LogP contribution in [0.25, 0.3) is 0 Å². The average molecular weight is 300 g/mol. The number of aliphatic carboxylic acids is 1. The quantitative estimate of drug-likeness (QED) is 0.510. The SMILES string of the molecule is CCCCC(C)CC(O)(C=C(CC)C(O)CC(=O)O)CC. The van der Waals surface area contributed by atoms with Crippen molar-refractivity contribution in [3.05, 3.63) is 11.6 Å². The Balaban J connectivity index is 4.93. The number of unbranched alkanes of at least 4 members (excludes halogenated alkanes) is 1. The van der Waals surface area contributed by atoms with Crippen molar-refractivity contribution in [2.24, 2.45) is 5.92 Å². The van der Waals surface area contributed by atoms with Gasteiger partial charge in [0.25, 0.3) is 0 Å². The smallest absolute Gasteiger partial charge is 0.306 e. The molecule has 21 heavy (non-hydrogen) atoms. The van der Waals surface area contributed by atoms with Gasteiger partial charge in [0.05, 0.1) is 18.1 Å². The van der Waals surface area contributed by atoms with Gasteiger partial charge >= 0.3 is 5.97 Å². The molecule has 0 aliphatic carbocycles. The minimum Gasteiger partial charge on any atom is -0.481 e. The van der Waals surface area contributed by atoms with Gasteiger partial charge in [-0.25, -0.2) is 0 Å². The van der Waals surface area contributed by atoms with E-state index in [0.717, 1.165) is 19.3 Å². The summed E-state index contributed by atoms with van der Waals surface area (Å²) in [5.41, 5.74) is -0.345. The first kappa shape index (κ1) is 20.1. The standard InChI is InChI=1S/C17H32O4/c1-5-8-9-13(4)11-17(21,7-3)12-14(6-2)15(18)10-16(19)20/h12-13,15,18,21H,5-11H2,1-4H3,(H,19,20). The van der Waals surface area contributed by atoms with Crippen LogP contribution in [-0.2, 0) is 4.79 Å². The summed E-state index contributed by atoms with van der Waals surface area (Å²) >= 11 is 0. The molecule has 0 amide bonds. The summed E-state index contributed by atoms with van der Waals surface area (Å²) in [5, 5.41) is 29.5. The largest absolute Gasteiger partial charge is 0.481 e. The summed E-state index contributed by atoms with van der Waals surface area (Å²) in [6, 6.07) is 0. The van der Waals surface area contributed by atoms with Crippen molar-refractivity contribution in [1.82, 2.24) is 0 Å². The molecule has 4 nitrogen and oxygen atoms in total. The lowest BCUT2D eigenvalue weighted by molar-refractivity contribution is -0.138. The molecule has 0 saturated heterocycles. The first-order valence-corrected chi connectivity index (χ1v) is 8.11. The van der Waals surface area contributed by atoms with E-state index in [9.17, 15) is 15.0 Å². The summed E-state index contributed by atoms with van der Waals surface area (Å²) in [4.78, 5) is 10.7. The van der Waals surface area contributed by atoms with Gasteiger partial charge in [-0.1, -0.05) is 53.0 Å². The molecule has 0 aromatic rings. The van der Waals surface area contributed by atoms with E-state index in [-0.39, 0.29) is 6.42 Å². The Bertz CT molecular complexity index is 338. The molecule has 0 aliphatic rings. The number of hydrogen-bond acceptors (Lipinski definition) is 3. The lowest BCUT2D eigenvalue weighted by Gasteiger charge is -2.29. The van der Waals surface area contributed by atoms with E-state index >= 15 is 0 Å². The van der Waals surface area contributed by atoms with E-state index in [0.29, 0.717) is 30.8 Å². The van der Waals surface area contributed by atoms with Crippen molar-refractivity contribution in [3.8, 4) is 0 Å². The highest BCUT2D eigenvalue weighted by molar-refractivity contribution is 5.67. The van der Waals surface area contributed by atoms with Crippen LogP contribution >= 0.6 is 0 Å². The zero-order valence-corrected chi connectivity index (χ0v) is 13.9. The molecule has 0 spiro atoms. The fourth-order valence-corrected chi connectivity index (χ4v) is 2.64. The van der Waals surface area contributed by atoms with Crippen LogP contribution in [0.3, 0.4) is 0 Å². The van der Waals surface area contributed by atoms with Crippen LogP contribution < -0.4 is 0 Å². The molecule has 0 heterocycles. The molecule has 124 valence electrons. The Kier molecular flexibility index (Phi) is 9.54. The summed E-state index contributed by atoms with van der Waals surface area (Å²) < 4.78 is 0. The molecular weight excluding hydrogens is 268 g/mol. The molecule has 4 heteroatoms. The maximum absolute atomic E-state index is 10.7. The molecule has 0 aliphatic heterocycles. The van der Waals surface area contributed by atoms with E-state index < -0.39 is 17.7 Å². The Hall–Kier alpha value is -0.870. The topological polar surface area (TPSA) is 77.8 Å². The molecule has 0 radical (unpaired) electrons. The van der Waals surface area contributed by atoms with Gasteiger partial charge in [0, 0.05) is 0 Å². The lowest BCUT2D eigenvalue weighted by Crippen LogP contribution is -2.30. The van der Waals surface area contributed by atoms with Crippen LogP contribution in [0.5, 0.6) is 0 Å². The van der Waals surface area contributed by atoms with Crippen molar-refractivity contribution >= 4 is 5.97 Å². The molecule has 0 aromatic carbocycles. The zero-order valence-electron chi connectivity index (χ0n) is 13.9. The summed E-state index contributed by atoms with van der Waals surface area (Å²) in [6.45, 7) is 8.06. The van der Waals surface area contributed by atoms with Gasteiger partial charge in [0.15, 0.2) is 0 Å². The third-order valence-electron chi connectivity index (χ3n) is 4.02. The first-order chi connectivity index (χ1) is 9.77. The van der Waals surface area contributed by atoms with Crippen LogP contribution in [0.15, 0.2) is 11.6 Å². The van der Waals surface area contributed by atoms with Gasteiger partial charge in [-0.3, -0.25) is 4.79 Å². The number of rotatable bonds is 11. The number of carboxylic acids is 1. The predicted molar refractivity (Wildman–Crippen MR) is 85.2 cm³/mol. The molecule has 0 fully saturated rings. The van der Waals surface area contributed by atoms with Gasteiger partial charge < -0.3 is 15.3 Å². The van der Waals surface area contributed by atoms with Crippen LogP contribution in [0.4, 0.5) is 0 Å². The fraction of sp³-hybridized carbons (Fsp3) is 0.824. The molecule has 3 atom stereocenters. The monoisotopic (exact) mass is 300 g/mol. The van der Waals surface area contributed by atoms with E-state index in [2.05, 4.69) is 13.8 Å². The first-order valence-electron chi connectivity index (χ1n) is 8.11. The van der Waals surface area contributed by atoms with Crippen molar-refractivity contribution < 1.29 is 20.1 Å². The highest BCUT2D eigenvalue weighted by atomic mass is 16.4. The van der Waals surface area contributed by atoms with Crippen LogP contribution in [0.2, 0.25) is 0 Å². The van der Waals surface area contributed by atoms with Crippen LogP contribution in [0, 0.1) is 5.92 Å². The number of carboxylic acid groups (broad SMARTS) is 1. The van der Waals surface area contributed by atoms with Crippen LogP contribution in [-0.4, -0.2) is 33.0 Å². The number of aliphatic hydroxyl groups is 2. The maximum atomic E-state index is 10.7. The van der Waals surface area contributed by atoms with Crippen molar-refractivity contribution in [2.45, 2.75) is 84.3 Å². The molecule has 0 aromatic heterocycles. The normalized spacial score (nSPS) is 18.1. The fourth-order valence-electron chi connectivity index (χ4n) is 2.64. The molecule has 3 N–H and O–H groups in total. The highest BCUT2D eigenvalue weighted by Gasteiger charge is 2.26. The van der Waals surface area contributed by atoms with Crippen molar-refractivity contribution in [1.29, 1.82) is 0 Å². The van der Waals surface area contributed by atoms with Gasteiger partial charge in [-0.15, -0.1) is 0 Å². The third-order valence-corrected chi connectivity index (χ3v) is 4.02. The summed E-state index contributed by atoms with van der Waals surface area (Å²) in [6.07, 6.45) is 5.48. The second kappa shape index (κ2) is 9.96. The van der Waals surface area contributed by atoms with Crippen molar-refractivity contribution in [2.75, 3.05) is 0 Å². The third kappa shape index (κ3) is 8.22. The molecule has 0 saturated carbocycles. The number of aliphatic hydroxyl groups excluding tert-OH is 1. The molecule has 3 unspecified atom stereocenters. The second-order valence-electron chi connectivity index (χ2n) is 6.10.